The molecule has 21 heavy (non-hydrogen) atoms. The number of aromatic carboxylic acids is 1. The Labute approximate surface area is 118 Å². The quantitative estimate of drug-likeness (QED) is 0.746. The Morgan fingerprint density at radius 1 is 1.14 bits per heavy atom. The van der Waals surface area contributed by atoms with Gasteiger partial charge >= 0.3 is 12.0 Å². The van der Waals surface area contributed by atoms with Gasteiger partial charge in [-0.3, -0.25) is 4.98 Å². The maximum Gasteiger partial charge on any atom is 0.335 e. The highest BCUT2D eigenvalue weighted by atomic mass is 16.4. The summed E-state index contributed by atoms with van der Waals surface area (Å²) in [5.41, 5.74) is 1.31. The van der Waals surface area contributed by atoms with Crippen molar-refractivity contribution < 1.29 is 14.3 Å². The fourth-order valence-corrected chi connectivity index (χ4v) is 1.61. The number of aromatic nitrogens is 4. The summed E-state index contributed by atoms with van der Waals surface area (Å²) >= 11 is 0. The lowest BCUT2D eigenvalue weighted by Gasteiger charge is -2.01. The standard InChI is InChI=1S/C13H9N5O3/c19-12(20)8-1-3-9(4-2-8)16-13-18-17-11(21-13)10-7-14-5-6-15-10/h1-7H,(H,16,18)(H,19,20). The Kier molecular flexibility index (Phi) is 3.26. The second kappa shape index (κ2) is 5.37. The third-order valence-corrected chi connectivity index (χ3v) is 2.59. The Morgan fingerprint density at radius 2 is 1.95 bits per heavy atom. The Balaban J connectivity index is 1.77. The summed E-state index contributed by atoms with van der Waals surface area (Å²) in [5, 5.41) is 19.4. The number of benzene rings is 1. The zero-order valence-corrected chi connectivity index (χ0v) is 10.6. The predicted molar refractivity (Wildman–Crippen MR) is 72.0 cm³/mol. The van der Waals surface area contributed by atoms with Gasteiger partial charge in [0.2, 0.25) is 0 Å². The molecule has 2 aromatic heterocycles. The van der Waals surface area contributed by atoms with Crippen LogP contribution < -0.4 is 5.32 Å². The highest BCUT2D eigenvalue weighted by Gasteiger charge is 2.10. The van der Waals surface area contributed by atoms with Crippen LogP contribution in [0.4, 0.5) is 11.7 Å². The SMILES string of the molecule is O=C(O)c1ccc(Nc2nnc(-c3cnccn3)o2)cc1. The summed E-state index contributed by atoms with van der Waals surface area (Å²) in [6.07, 6.45) is 4.58. The van der Waals surface area contributed by atoms with Gasteiger partial charge in [0.1, 0.15) is 5.69 Å². The monoisotopic (exact) mass is 283 g/mol. The summed E-state index contributed by atoms with van der Waals surface area (Å²) in [6, 6.07) is 6.35. The number of nitrogens with zero attached hydrogens (tertiary/aromatic N) is 4. The van der Waals surface area contributed by atoms with Crippen LogP contribution in [0.3, 0.4) is 0 Å². The van der Waals surface area contributed by atoms with Crippen LogP contribution >= 0.6 is 0 Å². The Bertz CT molecular complexity index is 755. The van der Waals surface area contributed by atoms with Crippen LogP contribution in [0.5, 0.6) is 0 Å². The smallest absolute Gasteiger partial charge is 0.335 e. The third kappa shape index (κ3) is 2.84. The van der Waals surface area contributed by atoms with Gasteiger partial charge in [-0.25, -0.2) is 9.78 Å². The Morgan fingerprint density at radius 3 is 2.62 bits per heavy atom. The number of nitrogens with one attached hydrogen (secondary N) is 1. The molecule has 0 spiro atoms. The van der Waals surface area contributed by atoms with Crippen molar-refractivity contribution in [3.05, 3.63) is 48.4 Å². The molecular formula is C13H9N5O3. The summed E-state index contributed by atoms with van der Waals surface area (Å²) in [7, 11) is 0. The Hall–Kier alpha value is -3.29. The number of carboxylic acid groups (broad SMARTS) is 1. The van der Waals surface area contributed by atoms with Crippen LogP contribution in [0, 0.1) is 0 Å². The van der Waals surface area contributed by atoms with Crippen LogP contribution in [0.25, 0.3) is 11.6 Å². The number of hydrogen-bond acceptors (Lipinski definition) is 7. The minimum atomic E-state index is -0.982. The van der Waals surface area contributed by atoms with Gasteiger partial charge in [-0.05, 0) is 24.3 Å². The van der Waals surface area contributed by atoms with E-state index >= 15 is 0 Å². The van der Waals surface area contributed by atoms with E-state index in [1.165, 1.54) is 24.5 Å². The van der Waals surface area contributed by atoms with Crippen molar-refractivity contribution in [3.63, 3.8) is 0 Å². The van der Waals surface area contributed by atoms with E-state index in [0.717, 1.165) is 0 Å². The first-order chi connectivity index (χ1) is 10.2. The summed E-state index contributed by atoms with van der Waals surface area (Å²) < 4.78 is 5.40. The first-order valence-corrected chi connectivity index (χ1v) is 5.92. The van der Waals surface area contributed by atoms with Crippen molar-refractivity contribution in [1.82, 2.24) is 20.2 Å². The molecule has 0 aliphatic heterocycles. The molecule has 2 N–H and O–H groups in total. The van der Waals surface area contributed by atoms with Crippen molar-refractivity contribution in [3.8, 4) is 11.6 Å². The van der Waals surface area contributed by atoms with Gasteiger partial charge in [-0.2, -0.15) is 0 Å². The van der Waals surface area contributed by atoms with Gasteiger partial charge < -0.3 is 14.8 Å². The molecule has 0 saturated carbocycles. The molecule has 0 saturated heterocycles. The van der Waals surface area contributed by atoms with Gasteiger partial charge in [0.15, 0.2) is 0 Å². The highest BCUT2D eigenvalue weighted by molar-refractivity contribution is 5.88. The lowest BCUT2D eigenvalue weighted by molar-refractivity contribution is 0.0697. The molecule has 3 aromatic rings. The van der Waals surface area contributed by atoms with E-state index in [1.807, 2.05) is 0 Å². The molecule has 8 nitrogen and oxygen atoms in total. The average molecular weight is 283 g/mol. The first-order valence-electron chi connectivity index (χ1n) is 5.92. The number of carbonyl (C=O) groups is 1. The first kappa shape index (κ1) is 12.7. The average Bonchev–Trinajstić information content (AvgIpc) is 2.97. The summed E-state index contributed by atoms with van der Waals surface area (Å²) in [4.78, 5) is 18.7. The number of rotatable bonds is 4. The second-order valence-electron chi connectivity index (χ2n) is 4.01. The van der Waals surface area contributed by atoms with E-state index in [4.69, 9.17) is 9.52 Å². The van der Waals surface area contributed by atoms with Gasteiger partial charge in [-0.15, -0.1) is 5.10 Å². The molecule has 0 aliphatic carbocycles. The largest absolute Gasteiger partial charge is 0.478 e. The molecule has 0 fully saturated rings. The van der Waals surface area contributed by atoms with Crippen molar-refractivity contribution in [2.45, 2.75) is 0 Å². The maximum absolute atomic E-state index is 10.8. The fourth-order valence-electron chi connectivity index (χ4n) is 1.61. The molecule has 0 radical (unpaired) electrons. The molecule has 104 valence electrons. The van der Waals surface area contributed by atoms with Crippen molar-refractivity contribution in [2.75, 3.05) is 5.32 Å². The minimum Gasteiger partial charge on any atom is -0.478 e. The van der Waals surface area contributed by atoms with Gasteiger partial charge in [0.05, 0.1) is 11.8 Å². The van der Waals surface area contributed by atoms with Gasteiger partial charge in [-0.1, -0.05) is 5.10 Å². The minimum absolute atomic E-state index is 0.179. The van der Waals surface area contributed by atoms with Crippen molar-refractivity contribution >= 4 is 17.7 Å². The third-order valence-electron chi connectivity index (χ3n) is 2.59. The maximum atomic E-state index is 10.8. The topological polar surface area (TPSA) is 114 Å². The van der Waals surface area contributed by atoms with Gasteiger partial charge in [0, 0.05) is 18.1 Å². The van der Waals surface area contributed by atoms with E-state index in [0.29, 0.717) is 11.4 Å². The molecule has 0 unspecified atom stereocenters. The second-order valence-corrected chi connectivity index (χ2v) is 4.01. The van der Waals surface area contributed by atoms with Crippen LogP contribution in [-0.2, 0) is 0 Å². The van der Waals surface area contributed by atoms with Crippen molar-refractivity contribution in [2.24, 2.45) is 0 Å². The fraction of sp³-hybridized carbons (Fsp3) is 0. The highest BCUT2D eigenvalue weighted by Crippen LogP contribution is 2.20. The van der Waals surface area contributed by atoms with E-state index in [9.17, 15) is 4.79 Å². The number of anilines is 2. The zero-order valence-electron chi connectivity index (χ0n) is 10.6. The molecule has 0 bridgehead atoms. The van der Waals surface area contributed by atoms with Gasteiger partial charge in [0.25, 0.3) is 5.89 Å². The number of hydrogen-bond donors (Lipinski definition) is 2. The molecule has 3 rings (SSSR count). The van der Waals surface area contributed by atoms with Crippen molar-refractivity contribution in [1.29, 1.82) is 0 Å². The predicted octanol–water partition coefficient (Wildman–Crippen LogP) is 1.97. The number of carboxylic acids is 1. The summed E-state index contributed by atoms with van der Waals surface area (Å²) in [5.74, 6) is -0.739. The van der Waals surface area contributed by atoms with E-state index in [-0.39, 0.29) is 17.5 Å². The van der Waals surface area contributed by atoms with E-state index in [2.05, 4.69) is 25.5 Å². The van der Waals surface area contributed by atoms with Crippen LogP contribution in [0.15, 0.2) is 47.3 Å². The molecule has 2 heterocycles. The lowest BCUT2D eigenvalue weighted by atomic mass is 10.2. The van der Waals surface area contributed by atoms with Crippen LogP contribution in [-0.4, -0.2) is 31.2 Å². The molecule has 0 amide bonds. The van der Waals surface area contributed by atoms with Crippen LogP contribution in [0.2, 0.25) is 0 Å². The lowest BCUT2D eigenvalue weighted by Crippen LogP contribution is -1.96. The summed E-state index contributed by atoms with van der Waals surface area (Å²) in [6.45, 7) is 0. The van der Waals surface area contributed by atoms with E-state index < -0.39 is 5.97 Å². The van der Waals surface area contributed by atoms with E-state index in [1.54, 1.807) is 18.3 Å². The molecule has 8 heteroatoms. The molecular weight excluding hydrogens is 274 g/mol. The van der Waals surface area contributed by atoms with Crippen LogP contribution in [0.1, 0.15) is 10.4 Å². The zero-order chi connectivity index (χ0) is 14.7. The normalized spacial score (nSPS) is 10.3. The molecule has 0 aliphatic rings. The molecule has 1 aromatic carbocycles. The molecule has 0 atom stereocenters.